The Morgan fingerprint density at radius 1 is 1.30 bits per heavy atom. The van der Waals surface area contributed by atoms with Gasteiger partial charge < -0.3 is 0 Å². The SMILES string of the molecule is C[C@]12CC[C@H](CC1(Cl)Cl)C2. The van der Waals surface area contributed by atoms with Crippen molar-refractivity contribution in [1.29, 1.82) is 0 Å². The molecule has 0 spiro atoms. The minimum Gasteiger partial charge on any atom is -0.101 e. The average molecular weight is 179 g/mol. The van der Waals surface area contributed by atoms with E-state index in [4.69, 9.17) is 23.2 Å². The van der Waals surface area contributed by atoms with Crippen LogP contribution in [-0.2, 0) is 0 Å². The third-order valence-electron chi connectivity index (χ3n) is 3.27. The van der Waals surface area contributed by atoms with Gasteiger partial charge in [0, 0.05) is 5.41 Å². The molecule has 0 unspecified atom stereocenters. The molecule has 2 saturated carbocycles. The molecule has 10 heavy (non-hydrogen) atoms. The van der Waals surface area contributed by atoms with Crippen LogP contribution in [0.15, 0.2) is 0 Å². The van der Waals surface area contributed by atoms with E-state index in [1.165, 1.54) is 19.3 Å². The normalized spacial score (nSPS) is 50.1. The van der Waals surface area contributed by atoms with Gasteiger partial charge in [-0.25, -0.2) is 0 Å². The zero-order chi connectivity index (χ0) is 7.41. The largest absolute Gasteiger partial charge is 0.123 e. The van der Waals surface area contributed by atoms with Gasteiger partial charge in [-0.2, -0.15) is 0 Å². The lowest BCUT2D eigenvalue weighted by molar-refractivity contribution is 0.310. The maximum atomic E-state index is 6.17. The summed E-state index contributed by atoms with van der Waals surface area (Å²) >= 11 is 12.3. The Morgan fingerprint density at radius 2 is 2.00 bits per heavy atom. The summed E-state index contributed by atoms with van der Waals surface area (Å²) in [5.74, 6) is 0.819. The highest BCUT2D eigenvalue weighted by molar-refractivity contribution is 6.49. The zero-order valence-corrected chi connectivity index (χ0v) is 7.67. The summed E-state index contributed by atoms with van der Waals surface area (Å²) in [6, 6.07) is 0. The molecule has 2 rings (SSSR count). The topological polar surface area (TPSA) is 0 Å². The van der Waals surface area contributed by atoms with Crippen molar-refractivity contribution in [2.45, 2.75) is 36.9 Å². The summed E-state index contributed by atoms with van der Waals surface area (Å²) in [6.07, 6.45) is 4.84. The van der Waals surface area contributed by atoms with Crippen molar-refractivity contribution in [3.8, 4) is 0 Å². The van der Waals surface area contributed by atoms with E-state index in [2.05, 4.69) is 6.92 Å². The van der Waals surface area contributed by atoms with Crippen LogP contribution in [-0.4, -0.2) is 4.33 Å². The van der Waals surface area contributed by atoms with Crippen molar-refractivity contribution in [2.75, 3.05) is 0 Å². The predicted molar refractivity (Wildman–Crippen MR) is 44.5 cm³/mol. The van der Waals surface area contributed by atoms with E-state index in [9.17, 15) is 0 Å². The van der Waals surface area contributed by atoms with Gasteiger partial charge in [0.1, 0.15) is 4.33 Å². The number of alkyl halides is 2. The van der Waals surface area contributed by atoms with E-state index >= 15 is 0 Å². The van der Waals surface area contributed by atoms with E-state index < -0.39 is 4.33 Å². The molecule has 0 amide bonds. The van der Waals surface area contributed by atoms with Crippen LogP contribution < -0.4 is 0 Å². The number of hydrogen-bond acceptors (Lipinski definition) is 0. The van der Waals surface area contributed by atoms with Gasteiger partial charge in [-0.1, -0.05) is 6.92 Å². The highest BCUT2D eigenvalue weighted by atomic mass is 35.5. The summed E-state index contributed by atoms with van der Waals surface area (Å²) in [5.41, 5.74) is 0.237. The van der Waals surface area contributed by atoms with Gasteiger partial charge >= 0.3 is 0 Å². The van der Waals surface area contributed by atoms with Crippen LogP contribution in [0.4, 0.5) is 0 Å². The van der Waals surface area contributed by atoms with Crippen LogP contribution in [0.2, 0.25) is 0 Å². The molecule has 0 saturated heterocycles. The minimum absolute atomic E-state index is 0.237. The predicted octanol–water partition coefficient (Wildman–Crippen LogP) is 3.37. The van der Waals surface area contributed by atoms with Crippen molar-refractivity contribution in [2.24, 2.45) is 11.3 Å². The molecule has 0 aromatic heterocycles. The monoisotopic (exact) mass is 178 g/mol. The molecule has 58 valence electrons. The molecule has 0 N–H and O–H groups in total. The highest BCUT2D eigenvalue weighted by Gasteiger charge is 2.57. The molecule has 0 heterocycles. The molecule has 2 aliphatic rings. The molecular weight excluding hydrogens is 167 g/mol. The molecule has 0 aromatic rings. The Labute approximate surface area is 71.9 Å². The second-order valence-corrected chi connectivity index (χ2v) is 5.56. The van der Waals surface area contributed by atoms with Crippen molar-refractivity contribution in [3.63, 3.8) is 0 Å². The van der Waals surface area contributed by atoms with Gasteiger partial charge in [0.2, 0.25) is 0 Å². The first-order valence-electron chi connectivity index (χ1n) is 3.91. The van der Waals surface area contributed by atoms with Crippen LogP contribution in [0.1, 0.15) is 32.6 Å². The van der Waals surface area contributed by atoms with Crippen LogP contribution in [0.3, 0.4) is 0 Å². The average Bonchev–Trinajstić information content (AvgIpc) is 2.18. The van der Waals surface area contributed by atoms with E-state index in [1.807, 2.05) is 0 Å². The lowest BCUT2D eigenvalue weighted by atomic mass is 9.86. The van der Waals surface area contributed by atoms with Gasteiger partial charge in [0.05, 0.1) is 0 Å². The van der Waals surface area contributed by atoms with Crippen molar-refractivity contribution >= 4 is 23.2 Å². The van der Waals surface area contributed by atoms with Crippen LogP contribution in [0.25, 0.3) is 0 Å². The minimum atomic E-state index is -0.407. The fourth-order valence-electron chi connectivity index (χ4n) is 2.48. The molecular formula is C8H12Cl2. The third-order valence-corrected chi connectivity index (χ3v) is 4.49. The van der Waals surface area contributed by atoms with Crippen LogP contribution in [0.5, 0.6) is 0 Å². The number of hydrogen-bond donors (Lipinski definition) is 0. The van der Waals surface area contributed by atoms with Gasteiger partial charge in [-0.15, -0.1) is 23.2 Å². The second kappa shape index (κ2) is 1.84. The second-order valence-electron chi connectivity index (χ2n) is 4.08. The fraction of sp³-hybridized carbons (Fsp3) is 1.00. The first-order chi connectivity index (χ1) is 4.54. The first-order valence-corrected chi connectivity index (χ1v) is 4.67. The Bertz CT molecular complexity index is 163. The summed E-state index contributed by atoms with van der Waals surface area (Å²) in [5, 5.41) is 0. The molecule has 0 aromatic carbocycles. The molecule has 2 fully saturated rings. The lowest BCUT2D eigenvalue weighted by Crippen LogP contribution is -2.31. The summed E-state index contributed by atoms with van der Waals surface area (Å²) < 4.78 is -0.407. The quantitative estimate of drug-likeness (QED) is 0.500. The Kier molecular flexibility index (Phi) is 1.33. The molecule has 0 aliphatic heterocycles. The molecule has 0 nitrogen and oxygen atoms in total. The molecule has 2 atom stereocenters. The third kappa shape index (κ3) is 0.753. The van der Waals surface area contributed by atoms with Crippen molar-refractivity contribution in [3.05, 3.63) is 0 Å². The van der Waals surface area contributed by atoms with Crippen LogP contribution >= 0.6 is 23.2 Å². The van der Waals surface area contributed by atoms with E-state index in [-0.39, 0.29) is 5.41 Å². The van der Waals surface area contributed by atoms with Crippen molar-refractivity contribution in [1.82, 2.24) is 0 Å². The van der Waals surface area contributed by atoms with Gasteiger partial charge in [-0.3, -0.25) is 0 Å². The summed E-state index contributed by atoms with van der Waals surface area (Å²) in [7, 11) is 0. The standard InChI is InChI=1S/C8H12Cl2/c1-7-3-2-6(4-7)5-8(7,9)10/h6H,2-5H2,1H3/t6-,7+/m0/s1. The Balaban J connectivity index is 2.31. The first kappa shape index (κ1) is 7.24. The zero-order valence-electron chi connectivity index (χ0n) is 6.16. The molecule has 2 heteroatoms. The van der Waals surface area contributed by atoms with Crippen LogP contribution in [0, 0.1) is 11.3 Å². The van der Waals surface area contributed by atoms with E-state index in [0.717, 1.165) is 12.3 Å². The molecule has 2 aliphatic carbocycles. The number of halogens is 2. The number of rotatable bonds is 0. The van der Waals surface area contributed by atoms with E-state index in [1.54, 1.807) is 0 Å². The lowest BCUT2D eigenvalue weighted by Gasteiger charge is -2.34. The highest BCUT2D eigenvalue weighted by Crippen LogP contribution is 2.64. The molecule has 0 radical (unpaired) electrons. The molecule has 2 bridgehead atoms. The van der Waals surface area contributed by atoms with Gasteiger partial charge in [-0.05, 0) is 31.6 Å². The maximum Gasteiger partial charge on any atom is 0.123 e. The Hall–Kier alpha value is 0.580. The van der Waals surface area contributed by atoms with Crippen molar-refractivity contribution < 1.29 is 0 Å². The maximum absolute atomic E-state index is 6.17. The van der Waals surface area contributed by atoms with E-state index in [0.29, 0.717) is 0 Å². The van der Waals surface area contributed by atoms with Gasteiger partial charge in [0.15, 0.2) is 0 Å². The summed E-state index contributed by atoms with van der Waals surface area (Å²) in [4.78, 5) is 0. The number of fused-ring (bicyclic) bond motifs is 2. The fourth-order valence-corrected chi connectivity index (χ4v) is 3.26. The smallest absolute Gasteiger partial charge is 0.101 e. The summed E-state index contributed by atoms with van der Waals surface area (Å²) in [6.45, 7) is 2.22. The van der Waals surface area contributed by atoms with Gasteiger partial charge in [0.25, 0.3) is 0 Å². The Morgan fingerprint density at radius 3 is 2.20 bits per heavy atom.